The van der Waals surface area contributed by atoms with Gasteiger partial charge in [0.25, 0.3) is 0 Å². The van der Waals surface area contributed by atoms with Gasteiger partial charge in [-0.05, 0) is 34.7 Å². The molecule has 0 N–H and O–H groups in total. The van der Waals surface area contributed by atoms with Crippen LogP contribution in [0.5, 0.6) is 0 Å². The first-order chi connectivity index (χ1) is 12.2. The Labute approximate surface area is 151 Å². The third-order valence-electron chi connectivity index (χ3n) is 3.59. The summed E-state index contributed by atoms with van der Waals surface area (Å²) in [6.45, 7) is 0.274. The molecule has 25 heavy (non-hydrogen) atoms. The number of nitrogens with zero attached hydrogens (tertiary/aromatic N) is 5. The maximum atomic E-state index is 12.4. The van der Waals surface area contributed by atoms with Gasteiger partial charge in [0.15, 0.2) is 0 Å². The lowest BCUT2D eigenvalue weighted by Crippen LogP contribution is -2.24. The van der Waals surface area contributed by atoms with Crippen LogP contribution in [-0.2, 0) is 6.54 Å². The molecule has 4 rings (SSSR count). The zero-order valence-electron chi connectivity index (χ0n) is 12.9. The molecule has 0 saturated carbocycles. The van der Waals surface area contributed by atoms with E-state index in [4.69, 9.17) is 11.6 Å². The van der Waals surface area contributed by atoms with E-state index in [0.29, 0.717) is 10.7 Å². The standard InChI is InChI=1S/C17H12ClN5OS/c18-13-8-6-12(7-9-13)16-19-14(11-25-16)10-22-17(24)23(21-20-22)15-4-2-1-3-5-15/h1-9,11H,10H2. The zero-order valence-corrected chi connectivity index (χ0v) is 14.5. The molecular weight excluding hydrogens is 358 g/mol. The van der Waals surface area contributed by atoms with Gasteiger partial charge in [-0.15, -0.1) is 11.3 Å². The van der Waals surface area contributed by atoms with Crippen LogP contribution < -0.4 is 5.69 Å². The van der Waals surface area contributed by atoms with Crippen LogP contribution in [0.2, 0.25) is 5.02 Å². The molecule has 0 atom stereocenters. The van der Waals surface area contributed by atoms with Crippen LogP contribution in [0.4, 0.5) is 0 Å². The van der Waals surface area contributed by atoms with Crippen molar-refractivity contribution >= 4 is 22.9 Å². The first-order valence-corrected chi connectivity index (χ1v) is 8.75. The fourth-order valence-electron chi connectivity index (χ4n) is 2.36. The van der Waals surface area contributed by atoms with Crippen LogP contribution in [0.3, 0.4) is 0 Å². The highest BCUT2D eigenvalue weighted by Gasteiger charge is 2.11. The number of halogens is 1. The van der Waals surface area contributed by atoms with E-state index in [9.17, 15) is 4.79 Å². The van der Waals surface area contributed by atoms with Crippen molar-refractivity contribution in [2.24, 2.45) is 0 Å². The summed E-state index contributed by atoms with van der Waals surface area (Å²) in [5, 5.41) is 11.4. The summed E-state index contributed by atoms with van der Waals surface area (Å²) < 4.78 is 2.57. The number of para-hydroxylation sites is 1. The second-order valence-corrected chi connectivity index (χ2v) is 6.61. The monoisotopic (exact) mass is 369 g/mol. The molecule has 0 saturated heterocycles. The van der Waals surface area contributed by atoms with Gasteiger partial charge in [-0.2, -0.15) is 9.36 Å². The molecule has 0 unspecified atom stereocenters. The van der Waals surface area contributed by atoms with Crippen molar-refractivity contribution < 1.29 is 0 Å². The summed E-state index contributed by atoms with van der Waals surface area (Å²) in [5.74, 6) is 0. The topological polar surface area (TPSA) is 65.6 Å². The average Bonchev–Trinajstić information content (AvgIpc) is 3.24. The van der Waals surface area contributed by atoms with Crippen molar-refractivity contribution in [1.82, 2.24) is 24.8 Å². The van der Waals surface area contributed by atoms with Crippen LogP contribution in [0.25, 0.3) is 16.3 Å². The molecule has 6 nitrogen and oxygen atoms in total. The molecule has 8 heteroatoms. The lowest BCUT2D eigenvalue weighted by Gasteiger charge is -1.97. The Kier molecular flexibility index (Phi) is 4.17. The average molecular weight is 370 g/mol. The summed E-state index contributed by atoms with van der Waals surface area (Å²) in [6, 6.07) is 16.7. The minimum atomic E-state index is -0.299. The molecule has 4 aromatic rings. The fraction of sp³-hybridized carbons (Fsp3) is 0.0588. The van der Waals surface area contributed by atoms with Crippen molar-refractivity contribution in [3.8, 4) is 16.3 Å². The highest BCUT2D eigenvalue weighted by Crippen LogP contribution is 2.25. The summed E-state index contributed by atoms with van der Waals surface area (Å²) in [7, 11) is 0. The normalized spacial score (nSPS) is 10.9. The van der Waals surface area contributed by atoms with Crippen molar-refractivity contribution in [3.63, 3.8) is 0 Å². The molecule has 2 aromatic carbocycles. The van der Waals surface area contributed by atoms with Crippen molar-refractivity contribution in [2.45, 2.75) is 6.54 Å². The molecule has 124 valence electrons. The van der Waals surface area contributed by atoms with E-state index in [1.807, 2.05) is 60.0 Å². The highest BCUT2D eigenvalue weighted by molar-refractivity contribution is 7.13. The molecule has 0 fully saturated rings. The smallest absolute Gasteiger partial charge is 0.244 e. The summed E-state index contributed by atoms with van der Waals surface area (Å²) >= 11 is 7.42. The largest absolute Gasteiger partial charge is 0.368 e. The Morgan fingerprint density at radius 2 is 1.76 bits per heavy atom. The summed E-state index contributed by atoms with van der Waals surface area (Å²) in [6.07, 6.45) is 0. The lowest BCUT2D eigenvalue weighted by molar-refractivity contribution is 0.624. The van der Waals surface area contributed by atoms with Gasteiger partial charge in [-0.3, -0.25) is 0 Å². The van der Waals surface area contributed by atoms with Crippen LogP contribution in [0.1, 0.15) is 5.69 Å². The van der Waals surface area contributed by atoms with Gasteiger partial charge in [-0.25, -0.2) is 9.78 Å². The van der Waals surface area contributed by atoms with E-state index in [1.54, 1.807) is 0 Å². The van der Waals surface area contributed by atoms with Crippen molar-refractivity contribution in [3.05, 3.63) is 81.2 Å². The number of rotatable bonds is 4. The van der Waals surface area contributed by atoms with Gasteiger partial charge in [0.1, 0.15) is 5.01 Å². The zero-order chi connectivity index (χ0) is 17.2. The Morgan fingerprint density at radius 1 is 1.00 bits per heavy atom. The molecule has 0 bridgehead atoms. The molecule has 2 heterocycles. The highest BCUT2D eigenvalue weighted by atomic mass is 35.5. The summed E-state index contributed by atoms with van der Waals surface area (Å²) in [4.78, 5) is 17.0. The number of benzene rings is 2. The Hall–Kier alpha value is -2.77. The number of hydrogen-bond acceptors (Lipinski definition) is 5. The van der Waals surface area contributed by atoms with E-state index in [2.05, 4.69) is 15.4 Å². The SMILES string of the molecule is O=c1n(Cc2csc(-c3ccc(Cl)cc3)n2)nnn1-c1ccccc1. The minimum Gasteiger partial charge on any atom is -0.244 e. The van der Waals surface area contributed by atoms with Crippen molar-refractivity contribution in [2.75, 3.05) is 0 Å². The molecule has 0 aliphatic rings. The number of thiazole rings is 1. The van der Waals surface area contributed by atoms with Crippen molar-refractivity contribution in [1.29, 1.82) is 0 Å². The van der Waals surface area contributed by atoms with Gasteiger partial charge >= 0.3 is 5.69 Å². The first-order valence-electron chi connectivity index (χ1n) is 7.49. The second-order valence-electron chi connectivity index (χ2n) is 5.32. The number of aromatic nitrogens is 5. The third-order valence-corrected chi connectivity index (χ3v) is 4.79. The van der Waals surface area contributed by atoms with E-state index in [-0.39, 0.29) is 12.2 Å². The van der Waals surface area contributed by atoms with Crippen LogP contribution in [0.15, 0.2) is 64.8 Å². The Balaban J connectivity index is 1.59. The molecule has 2 aromatic heterocycles. The Bertz CT molecular complexity index is 1050. The molecule has 0 aliphatic heterocycles. The maximum absolute atomic E-state index is 12.4. The predicted molar refractivity (Wildman–Crippen MR) is 97.3 cm³/mol. The van der Waals surface area contributed by atoms with E-state index in [1.165, 1.54) is 20.7 Å². The van der Waals surface area contributed by atoms with Gasteiger partial charge in [0.05, 0.1) is 17.9 Å². The van der Waals surface area contributed by atoms with Crippen LogP contribution in [-0.4, -0.2) is 24.8 Å². The molecule has 0 radical (unpaired) electrons. The Morgan fingerprint density at radius 3 is 2.52 bits per heavy atom. The fourth-order valence-corrected chi connectivity index (χ4v) is 3.31. The summed E-state index contributed by atoms with van der Waals surface area (Å²) in [5.41, 5.74) is 2.13. The second kappa shape index (κ2) is 6.62. The quantitative estimate of drug-likeness (QED) is 0.554. The molecule has 0 aliphatic carbocycles. The molecule has 0 spiro atoms. The maximum Gasteiger partial charge on any atom is 0.368 e. The molecule has 0 amide bonds. The van der Waals surface area contributed by atoms with Crippen LogP contribution >= 0.6 is 22.9 Å². The van der Waals surface area contributed by atoms with Gasteiger partial charge < -0.3 is 0 Å². The molecular formula is C17H12ClN5OS. The first kappa shape index (κ1) is 15.7. The van der Waals surface area contributed by atoms with Gasteiger partial charge in [0.2, 0.25) is 0 Å². The van der Waals surface area contributed by atoms with Gasteiger partial charge in [-0.1, -0.05) is 41.9 Å². The number of tetrazole rings is 1. The predicted octanol–water partition coefficient (Wildman–Crippen LogP) is 3.25. The van der Waals surface area contributed by atoms with Crippen LogP contribution in [0, 0.1) is 0 Å². The van der Waals surface area contributed by atoms with Gasteiger partial charge in [0, 0.05) is 16.0 Å². The van der Waals surface area contributed by atoms with E-state index >= 15 is 0 Å². The van der Waals surface area contributed by atoms with E-state index in [0.717, 1.165) is 16.3 Å². The lowest BCUT2D eigenvalue weighted by atomic mass is 10.2. The number of hydrogen-bond donors (Lipinski definition) is 0. The minimum absolute atomic E-state index is 0.274. The third kappa shape index (κ3) is 3.24. The van der Waals surface area contributed by atoms with E-state index < -0.39 is 0 Å².